The zero-order chi connectivity index (χ0) is 23.4. The second-order valence-corrected chi connectivity index (χ2v) is 10.3. The zero-order valence-electron chi connectivity index (χ0n) is 19.1. The zero-order valence-corrected chi connectivity index (χ0v) is 20.7. The Morgan fingerprint density at radius 3 is 2.91 bits per heavy atom. The number of hydrogen-bond acceptors (Lipinski definition) is 6. The topological polar surface area (TPSA) is 65.9 Å². The van der Waals surface area contributed by atoms with Gasteiger partial charge >= 0.3 is 0 Å². The lowest BCUT2D eigenvalue weighted by atomic mass is 9.98. The first-order valence-corrected chi connectivity index (χ1v) is 12.5. The molecule has 1 saturated heterocycles. The first-order valence-electron chi connectivity index (χ1n) is 11.3. The van der Waals surface area contributed by atoms with Crippen LogP contribution >= 0.6 is 22.9 Å². The van der Waals surface area contributed by atoms with Crippen LogP contribution in [0, 0.1) is 12.8 Å². The van der Waals surface area contributed by atoms with Gasteiger partial charge in [-0.3, -0.25) is 4.79 Å². The Balaban J connectivity index is 1.72. The molecular weight excluding hydrogens is 458 g/mol. The number of pyridine rings is 1. The van der Waals surface area contributed by atoms with Gasteiger partial charge in [-0.1, -0.05) is 17.7 Å². The molecule has 0 saturated carbocycles. The first kappa shape index (κ1) is 24.0. The lowest BCUT2D eigenvalue weighted by molar-refractivity contribution is 0.0685. The molecule has 1 N–H and O–H groups in total. The van der Waals surface area contributed by atoms with E-state index in [4.69, 9.17) is 21.3 Å². The predicted molar refractivity (Wildman–Crippen MR) is 134 cm³/mol. The van der Waals surface area contributed by atoms with Gasteiger partial charge < -0.3 is 19.6 Å². The molecule has 1 aliphatic rings. The van der Waals surface area contributed by atoms with Gasteiger partial charge in [0.1, 0.15) is 5.82 Å². The minimum atomic E-state index is -0.000757. The average Bonchev–Trinajstić information content (AvgIpc) is 3.27. The molecule has 6 nitrogen and oxygen atoms in total. The average molecular weight is 488 g/mol. The Hall–Kier alpha value is -2.19. The summed E-state index contributed by atoms with van der Waals surface area (Å²) < 4.78 is 5.30. The molecule has 4 rings (SSSR count). The van der Waals surface area contributed by atoms with E-state index in [1.54, 1.807) is 7.11 Å². The highest BCUT2D eigenvalue weighted by molar-refractivity contribution is 7.13. The molecule has 0 spiro atoms. The van der Waals surface area contributed by atoms with Gasteiger partial charge in [0, 0.05) is 60.7 Å². The Kier molecular flexibility index (Phi) is 7.86. The minimum absolute atomic E-state index is 0.000757. The number of aliphatic hydroxyl groups excluding tert-OH is 1. The van der Waals surface area contributed by atoms with Gasteiger partial charge in [-0.05, 0) is 56.0 Å². The number of ether oxygens (including phenoxy) is 1. The van der Waals surface area contributed by atoms with Crippen LogP contribution in [0.1, 0.15) is 33.0 Å². The SMILES string of the molecule is COCCN(Cc1cc2ccc(Cl)cc2nc1N1CCCC(CO)C1)C(=O)c1ccc(C)s1. The lowest BCUT2D eigenvalue weighted by Crippen LogP contribution is -2.39. The van der Waals surface area contributed by atoms with Crippen LogP contribution in [0.2, 0.25) is 5.02 Å². The third-order valence-electron chi connectivity index (χ3n) is 6.08. The number of benzene rings is 1. The standard InChI is InChI=1S/C25H30ClN3O3S/c1-17-5-8-23(33-17)25(31)29(10-11-32-2)15-20-12-19-6-7-21(26)13-22(19)27-24(20)28-9-3-4-18(14-28)16-30/h5-8,12-13,18,30H,3-4,9-11,14-16H2,1-2H3. The number of carbonyl (C=O) groups is 1. The summed E-state index contributed by atoms with van der Waals surface area (Å²) in [7, 11) is 1.65. The number of rotatable bonds is 8. The number of amides is 1. The fraction of sp³-hybridized carbons (Fsp3) is 0.440. The van der Waals surface area contributed by atoms with Crippen LogP contribution in [-0.2, 0) is 11.3 Å². The van der Waals surface area contributed by atoms with Gasteiger partial charge in [-0.25, -0.2) is 4.98 Å². The fourth-order valence-electron chi connectivity index (χ4n) is 4.34. The van der Waals surface area contributed by atoms with Crippen molar-refractivity contribution >= 4 is 45.6 Å². The molecule has 3 aromatic rings. The Morgan fingerprint density at radius 2 is 2.18 bits per heavy atom. The largest absolute Gasteiger partial charge is 0.396 e. The normalized spacial score (nSPS) is 16.4. The third-order valence-corrected chi connectivity index (χ3v) is 7.30. The van der Waals surface area contributed by atoms with Crippen molar-refractivity contribution in [3.63, 3.8) is 0 Å². The van der Waals surface area contributed by atoms with Crippen LogP contribution in [-0.4, -0.2) is 60.9 Å². The number of piperidine rings is 1. The number of methoxy groups -OCH3 is 1. The van der Waals surface area contributed by atoms with Crippen molar-refractivity contribution in [2.75, 3.05) is 44.9 Å². The van der Waals surface area contributed by atoms with Crippen LogP contribution in [0.25, 0.3) is 10.9 Å². The van der Waals surface area contributed by atoms with Gasteiger partial charge in [-0.15, -0.1) is 11.3 Å². The summed E-state index contributed by atoms with van der Waals surface area (Å²) >= 11 is 7.75. The second kappa shape index (κ2) is 10.8. The lowest BCUT2D eigenvalue weighted by Gasteiger charge is -2.35. The number of fused-ring (bicyclic) bond motifs is 1. The molecule has 1 aliphatic heterocycles. The smallest absolute Gasteiger partial charge is 0.264 e. The quantitative estimate of drug-likeness (QED) is 0.496. The van der Waals surface area contributed by atoms with Gasteiger partial charge in [-0.2, -0.15) is 0 Å². The summed E-state index contributed by atoms with van der Waals surface area (Å²) in [6, 6.07) is 11.7. The van der Waals surface area contributed by atoms with Gasteiger partial charge in [0.05, 0.1) is 17.0 Å². The number of hydrogen-bond donors (Lipinski definition) is 1. The molecule has 33 heavy (non-hydrogen) atoms. The van der Waals surface area contributed by atoms with Crippen molar-refractivity contribution < 1.29 is 14.6 Å². The highest BCUT2D eigenvalue weighted by Gasteiger charge is 2.25. The van der Waals surface area contributed by atoms with Crippen LogP contribution in [0.5, 0.6) is 0 Å². The van der Waals surface area contributed by atoms with Crippen molar-refractivity contribution in [2.24, 2.45) is 5.92 Å². The number of halogens is 1. The molecule has 3 heterocycles. The maximum Gasteiger partial charge on any atom is 0.264 e. The second-order valence-electron chi connectivity index (χ2n) is 8.57. The first-order chi connectivity index (χ1) is 16.0. The van der Waals surface area contributed by atoms with Gasteiger partial charge in [0.15, 0.2) is 0 Å². The van der Waals surface area contributed by atoms with Crippen LogP contribution in [0.3, 0.4) is 0 Å². The Labute approximate surface area is 203 Å². The predicted octanol–water partition coefficient (Wildman–Crippen LogP) is 4.76. The van der Waals surface area contributed by atoms with Crippen LogP contribution in [0.4, 0.5) is 5.82 Å². The number of nitrogens with zero attached hydrogens (tertiary/aromatic N) is 3. The van der Waals surface area contributed by atoms with E-state index in [0.29, 0.717) is 24.7 Å². The number of anilines is 1. The minimum Gasteiger partial charge on any atom is -0.396 e. The van der Waals surface area contributed by atoms with Crippen LogP contribution < -0.4 is 4.90 Å². The number of aliphatic hydroxyl groups is 1. The fourth-order valence-corrected chi connectivity index (χ4v) is 5.34. The van der Waals surface area contributed by atoms with Gasteiger partial charge in [0.25, 0.3) is 5.91 Å². The van der Waals surface area contributed by atoms with E-state index < -0.39 is 0 Å². The number of aromatic nitrogens is 1. The Bertz CT molecular complexity index is 1120. The van der Waals surface area contributed by atoms with E-state index in [2.05, 4.69) is 11.0 Å². The molecule has 0 aliphatic carbocycles. The van der Waals surface area contributed by atoms with Crippen molar-refractivity contribution in [1.82, 2.24) is 9.88 Å². The molecular formula is C25H30ClN3O3S. The van der Waals surface area contributed by atoms with Crippen LogP contribution in [0.15, 0.2) is 36.4 Å². The molecule has 1 amide bonds. The van der Waals surface area contributed by atoms with E-state index in [1.165, 1.54) is 11.3 Å². The van der Waals surface area contributed by atoms with E-state index in [-0.39, 0.29) is 18.4 Å². The number of aryl methyl sites for hydroxylation is 1. The van der Waals surface area contributed by atoms with E-state index in [1.807, 2.05) is 42.2 Å². The molecule has 0 bridgehead atoms. The molecule has 1 unspecified atom stereocenters. The highest BCUT2D eigenvalue weighted by atomic mass is 35.5. The molecule has 0 radical (unpaired) electrons. The summed E-state index contributed by atoms with van der Waals surface area (Å²) in [4.78, 5) is 24.3. The molecule has 2 aromatic heterocycles. The summed E-state index contributed by atoms with van der Waals surface area (Å²) in [5, 5.41) is 11.4. The number of carbonyl (C=O) groups excluding carboxylic acids is 1. The van der Waals surface area contributed by atoms with Crippen molar-refractivity contribution in [3.05, 3.63) is 56.7 Å². The van der Waals surface area contributed by atoms with E-state index >= 15 is 0 Å². The van der Waals surface area contributed by atoms with E-state index in [9.17, 15) is 9.90 Å². The van der Waals surface area contributed by atoms with E-state index in [0.717, 1.165) is 58.0 Å². The van der Waals surface area contributed by atoms with Crippen molar-refractivity contribution in [1.29, 1.82) is 0 Å². The number of thiophene rings is 1. The third kappa shape index (κ3) is 5.66. The molecule has 1 atom stereocenters. The summed E-state index contributed by atoms with van der Waals surface area (Å²) in [5.41, 5.74) is 1.82. The summed E-state index contributed by atoms with van der Waals surface area (Å²) in [6.07, 6.45) is 2.01. The highest BCUT2D eigenvalue weighted by Crippen LogP contribution is 2.30. The monoisotopic (exact) mass is 487 g/mol. The van der Waals surface area contributed by atoms with Crippen molar-refractivity contribution in [3.8, 4) is 0 Å². The Morgan fingerprint density at radius 1 is 1.33 bits per heavy atom. The molecule has 1 aromatic carbocycles. The maximum atomic E-state index is 13.4. The molecule has 176 valence electrons. The van der Waals surface area contributed by atoms with Crippen molar-refractivity contribution in [2.45, 2.75) is 26.3 Å². The summed E-state index contributed by atoms with van der Waals surface area (Å²) in [5.74, 6) is 1.09. The summed E-state index contributed by atoms with van der Waals surface area (Å²) in [6.45, 7) is 5.17. The maximum absolute atomic E-state index is 13.4. The van der Waals surface area contributed by atoms with Gasteiger partial charge in [0.2, 0.25) is 0 Å². The molecule has 8 heteroatoms. The molecule has 1 fully saturated rings.